The lowest BCUT2D eigenvalue weighted by molar-refractivity contribution is -0.121. The first-order valence-electron chi connectivity index (χ1n) is 10.2. The molecule has 3 rings (SSSR count). The van der Waals surface area contributed by atoms with Crippen molar-refractivity contribution >= 4 is 35.1 Å². The summed E-state index contributed by atoms with van der Waals surface area (Å²) in [5, 5.41) is 3.24. The molecule has 1 aliphatic heterocycles. The van der Waals surface area contributed by atoms with Crippen LogP contribution in [0.2, 0.25) is 5.02 Å². The number of carbonyl (C=O) groups is 3. The molecule has 3 N–H and O–H groups in total. The Morgan fingerprint density at radius 3 is 2.48 bits per heavy atom. The van der Waals surface area contributed by atoms with Crippen molar-refractivity contribution < 1.29 is 28.6 Å². The number of likely N-dealkylation sites (tertiary alicyclic amines) is 1. The van der Waals surface area contributed by atoms with Gasteiger partial charge in [-0.1, -0.05) is 11.6 Å². The SMILES string of the molecule is COc1cc(C(=O)N2CCCC(C(=O)Nc3ccc(Cl)cn3)C2)cc(OC)c1OCC(N)=O. The highest BCUT2D eigenvalue weighted by atomic mass is 35.5. The van der Waals surface area contributed by atoms with Gasteiger partial charge in [0.2, 0.25) is 11.7 Å². The molecule has 1 aromatic carbocycles. The van der Waals surface area contributed by atoms with Gasteiger partial charge in [0, 0.05) is 24.8 Å². The van der Waals surface area contributed by atoms with Crippen LogP contribution in [0.4, 0.5) is 5.82 Å². The molecule has 0 aliphatic carbocycles. The van der Waals surface area contributed by atoms with Crippen molar-refractivity contribution in [1.82, 2.24) is 9.88 Å². The molecule has 11 heteroatoms. The number of nitrogens with two attached hydrogens (primary N) is 1. The average Bonchev–Trinajstić information content (AvgIpc) is 2.83. The zero-order valence-corrected chi connectivity index (χ0v) is 19.1. The zero-order chi connectivity index (χ0) is 24.0. The van der Waals surface area contributed by atoms with Gasteiger partial charge in [0.05, 0.1) is 25.2 Å². The fraction of sp³-hybridized carbons (Fsp3) is 0.364. The Morgan fingerprint density at radius 2 is 1.91 bits per heavy atom. The van der Waals surface area contributed by atoms with E-state index >= 15 is 0 Å². The van der Waals surface area contributed by atoms with Crippen molar-refractivity contribution in [3.8, 4) is 17.2 Å². The second kappa shape index (κ2) is 10.9. The van der Waals surface area contributed by atoms with E-state index in [0.717, 1.165) is 0 Å². The van der Waals surface area contributed by atoms with Crippen LogP contribution in [0, 0.1) is 5.92 Å². The number of pyridine rings is 1. The van der Waals surface area contributed by atoms with Crippen LogP contribution in [0.15, 0.2) is 30.5 Å². The smallest absolute Gasteiger partial charge is 0.255 e. The van der Waals surface area contributed by atoms with Gasteiger partial charge in [0.1, 0.15) is 5.82 Å². The number of nitrogens with zero attached hydrogens (tertiary/aromatic N) is 2. The van der Waals surface area contributed by atoms with Crippen LogP contribution in [0.1, 0.15) is 23.2 Å². The number of aromatic nitrogens is 1. The van der Waals surface area contributed by atoms with Crippen molar-refractivity contribution in [2.45, 2.75) is 12.8 Å². The average molecular weight is 477 g/mol. The maximum absolute atomic E-state index is 13.2. The van der Waals surface area contributed by atoms with Crippen LogP contribution >= 0.6 is 11.6 Å². The van der Waals surface area contributed by atoms with Gasteiger partial charge in [-0.2, -0.15) is 0 Å². The van der Waals surface area contributed by atoms with Crippen LogP contribution in [-0.2, 0) is 9.59 Å². The van der Waals surface area contributed by atoms with Crippen LogP contribution in [0.25, 0.3) is 0 Å². The predicted molar refractivity (Wildman–Crippen MR) is 121 cm³/mol. The number of amides is 3. The molecule has 3 amide bonds. The van der Waals surface area contributed by atoms with E-state index in [9.17, 15) is 14.4 Å². The number of rotatable bonds is 8. The van der Waals surface area contributed by atoms with Crippen LogP contribution < -0.4 is 25.3 Å². The number of primary amides is 1. The Bertz CT molecular complexity index is 1010. The van der Waals surface area contributed by atoms with Gasteiger partial charge in [-0.15, -0.1) is 0 Å². The molecule has 1 unspecified atom stereocenters. The fourth-order valence-corrected chi connectivity index (χ4v) is 3.64. The number of anilines is 1. The number of hydrogen-bond donors (Lipinski definition) is 2. The van der Waals surface area contributed by atoms with Gasteiger partial charge in [0.25, 0.3) is 11.8 Å². The van der Waals surface area contributed by atoms with Gasteiger partial charge in [0.15, 0.2) is 18.1 Å². The number of ether oxygens (including phenoxy) is 3. The molecule has 2 heterocycles. The monoisotopic (exact) mass is 476 g/mol. The highest BCUT2D eigenvalue weighted by Crippen LogP contribution is 2.39. The largest absolute Gasteiger partial charge is 0.493 e. The maximum atomic E-state index is 13.2. The molecular weight excluding hydrogens is 452 g/mol. The topological polar surface area (TPSA) is 133 Å². The third-order valence-electron chi connectivity index (χ3n) is 5.12. The molecule has 0 spiro atoms. The summed E-state index contributed by atoms with van der Waals surface area (Å²) in [6.45, 7) is 0.389. The van der Waals surface area contributed by atoms with Crippen molar-refractivity contribution in [2.24, 2.45) is 11.7 Å². The third-order valence-corrected chi connectivity index (χ3v) is 5.35. The molecule has 10 nitrogen and oxygen atoms in total. The Balaban J connectivity index is 1.74. The van der Waals surface area contributed by atoms with Crippen molar-refractivity contribution in [3.63, 3.8) is 0 Å². The minimum atomic E-state index is -0.661. The number of carbonyl (C=O) groups excluding carboxylic acids is 3. The summed E-state index contributed by atoms with van der Waals surface area (Å²) < 4.78 is 16.0. The van der Waals surface area contributed by atoms with Crippen LogP contribution in [0.5, 0.6) is 17.2 Å². The lowest BCUT2D eigenvalue weighted by Gasteiger charge is -2.32. The Kier molecular flexibility index (Phi) is 7.94. The lowest BCUT2D eigenvalue weighted by Crippen LogP contribution is -2.43. The normalized spacial score (nSPS) is 15.5. The first kappa shape index (κ1) is 24.1. The van der Waals surface area contributed by atoms with E-state index in [1.165, 1.54) is 32.5 Å². The predicted octanol–water partition coefficient (Wildman–Crippen LogP) is 2.11. The van der Waals surface area contributed by atoms with E-state index in [0.29, 0.717) is 35.8 Å². The summed E-state index contributed by atoms with van der Waals surface area (Å²) in [6.07, 6.45) is 2.77. The molecule has 0 radical (unpaired) electrons. The summed E-state index contributed by atoms with van der Waals surface area (Å²) in [4.78, 5) is 42.7. The van der Waals surface area contributed by atoms with Gasteiger partial charge in [-0.05, 0) is 37.1 Å². The molecule has 0 saturated carbocycles. The number of halogens is 1. The second-order valence-corrected chi connectivity index (χ2v) is 7.84. The van der Waals surface area contributed by atoms with E-state index in [1.807, 2.05) is 0 Å². The molecule has 33 heavy (non-hydrogen) atoms. The molecule has 176 valence electrons. The van der Waals surface area contributed by atoms with E-state index < -0.39 is 5.91 Å². The van der Waals surface area contributed by atoms with Crippen molar-refractivity contribution in [3.05, 3.63) is 41.0 Å². The van der Waals surface area contributed by atoms with E-state index in [2.05, 4.69) is 10.3 Å². The van der Waals surface area contributed by atoms with E-state index in [4.69, 9.17) is 31.5 Å². The number of hydrogen-bond acceptors (Lipinski definition) is 7. The standard InChI is InChI=1S/C22H25ClN4O6/c1-31-16-8-14(9-17(32-2)20(16)33-12-18(24)28)22(30)27-7-3-4-13(11-27)21(29)26-19-6-5-15(23)10-25-19/h5-6,8-10,13H,3-4,7,11-12H2,1-2H3,(H2,24,28)(H,25,26,29). The Labute approximate surface area is 195 Å². The molecule has 1 atom stereocenters. The molecule has 1 aliphatic rings. The molecule has 0 bridgehead atoms. The molecular formula is C22H25ClN4O6. The van der Waals surface area contributed by atoms with E-state index in [1.54, 1.807) is 17.0 Å². The van der Waals surface area contributed by atoms with Gasteiger partial charge in [-0.3, -0.25) is 14.4 Å². The molecule has 1 saturated heterocycles. The summed E-state index contributed by atoms with van der Waals surface area (Å²) in [7, 11) is 2.82. The lowest BCUT2D eigenvalue weighted by atomic mass is 9.96. The number of benzene rings is 1. The Morgan fingerprint density at radius 1 is 1.21 bits per heavy atom. The summed E-state index contributed by atoms with van der Waals surface area (Å²) in [6, 6.07) is 6.26. The minimum absolute atomic E-state index is 0.168. The summed E-state index contributed by atoms with van der Waals surface area (Å²) in [5.41, 5.74) is 5.44. The first-order valence-corrected chi connectivity index (χ1v) is 10.6. The van der Waals surface area contributed by atoms with Gasteiger partial charge < -0.3 is 30.2 Å². The highest BCUT2D eigenvalue weighted by molar-refractivity contribution is 6.30. The molecule has 1 fully saturated rings. The first-order chi connectivity index (χ1) is 15.8. The number of piperidine rings is 1. The fourth-order valence-electron chi connectivity index (χ4n) is 3.53. The van der Waals surface area contributed by atoms with Gasteiger partial charge >= 0.3 is 0 Å². The Hall–Kier alpha value is -3.53. The van der Waals surface area contributed by atoms with Crippen molar-refractivity contribution in [1.29, 1.82) is 0 Å². The number of nitrogens with one attached hydrogen (secondary N) is 1. The highest BCUT2D eigenvalue weighted by Gasteiger charge is 2.30. The minimum Gasteiger partial charge on any atom is -0.493 e. The summed E-state index contributed by atoms with van der Waals surface area (Å²) in [5.74, 6) is -0.538. The molecule has 1 aromatic heterocycles. The number of methoxy groups -OCH3 is 2. The quantitative estimate of drug-likeness (QED) is 0.596. The van der Waals surface area contributed by atoms with Crippen LogP contribution in [0.3, 0.4) is 0 Å². The van der Waals surface area contributed by atoms with Gasteiger partial charge in [-0.25, -0.2) is 4.98 Å². The zero-order valence-electron chi connectivity index (χ0n) is 18.3. The molecule has 2 aromatic rings. The maximum Gasteiger partial charge on any atom is 0.255 e. The van der Waals surface area contributed by atoms with Crippen molar-refractivity contribution in [2.75, 3.05) is 39.2 Å². The van der Waals surface area contributed by atoms with E-state index in [-0.39, 0.29) is 48.1 Å². The second-order valence-electron chi connectivity index (χ2n) is 7.41. The van der Waals surface area contributed by atoms with Crippen LogP contribution in [-0.4, -0.2) is 61.5 Å². The summed E-state index contributed by atoms with van der Waals surface area (Å²) >= 11 is 5.83. The third kappa shape index (κ3) is 6.04.